The molecule has 19 heavy (non-hydrogen) atoms. The van der Waals surface area contributed by atoms with E-state index in [4.69, 9.17) is 10.5 Å². The second kappa shape index (κ2) is 4.67. The third-order valence-electron chi connectivity index (χ3n) is 3.53. The molecule has 2 aromatic rings. The molecule has 3 rings (SSSR count). The van der Waals surface area contributed by atoms with E-state index in [-0.39, 0.29) is 18.0 Å². The third-order valence-corrected chi connectivity index (χ3v) is 3.53. The number of fused-ring (bicyclic) bond motifs is 1. The smallest absolute Gasteiger partial charge is 0.127 e. The van der Waals surface area contributed by atoms with Crippen molar-refractivity contribution in [3.8, 4) is 5.75 Å². The summed E-state index contributed by atoms with van der Waals surface area (Å²) in [6.45, 7) is 2.04. The molecule has 0 fully saturated rings. The highest BCUT2D eigenvalue weighted by molar-refractivity contribution is 5.39. The largest absolute Gasteiger partial charge is 0.485 e. The number of halogens is 1. The lowest BCUT2D eigenvalue weighted by molar-refractivity contribution is 0.160. The van der Waals surface area contributed by atoms with Gasteiger partial charge in [0.25, 0.3) is 0 Å². The van der Waals surface area contributed by atoms with Crippen LogP contribution in [0.15, 0.2) is 42.5 Å². The van der Waals surface area contributed by atoms with Crippen LogP contribution in [0.1, 0.15) is 35.3 Å². The van der Waals surface area contributed by atoms with E-state index in [9.17, 15) is 4.39 Å². The molecule has 0 amide bonds. The molecule has 2 N–H and O–H groups in total. The quantitative estimate of drug-likeness (QED) is 0.846. The Kier molecular flexibility index (Phi) is 2.99. The second-order valence-electron chi connectivity index (χ2n) is 5.04. The fourth-order valence-corrected chi connectivity index (χ4v) is 2.55. The van der Waals surface area contributed by atoms with Crippen molar-refractivity contribution >= 4 is 0 Å². The molecule has 0 spiro atoms. The number of aryl methyl sites for hydroxylation is 1. The minimum absolute atomic E-state index is 0.107. The Hall–Kier alpha value is -1.87. The van der Waals surface area contributed by atoms with Gasteiger partial charge in [-0.1, -0.05) is 35.9 Å². The molecule has 0 saturated carbocycles. The van der Waals surface area contributed by atoms with Crippen LogP contribution in [-0.2, 0) is 0 Å². The Morgan fingerprint density at radius 2 is 2.05 bits per heavy atom. The maximum atomic E-state index is 13.3. The van der Waals surface area contributed by atoms with Crippen LogP contribution in [0.5, 0.6) is 5.75 Å². The minimum Gasteiger partial charge on any atom is -0.485 e. The third kappa shape index (κ3) is 2.34. The monoisotopic (exact) mass is 257 g/mol. The van der Waals surface area contributed by atoms with Crippen LogP contribution in [-0.4, -0.2) is 0 Å². The van der Waals surface area contributed by atoms with Gasteiger partial charge in [-0.05, 0) is 18.6 Å². The lowest BCUT2D eigenvalue weighted by Gasteiger charge is -2.30. The van der Waals surface area contributed by atoms with Gasteiger partial charge in [0.15, 0.2) is 0 Å². The zero-order valence-electron chi connectivity index (χ0n) is 10.8. The Labute approximate surface area is 112 Å². The molecule has 0 aromatic heterocycles. The standard InChI is InChI=1S/C16H16FNO/c1-10-3-2-4-11(7-10)15-9-14(18)13-6-5-12(17)8-16(13)19-15/h2-8,14-15H,9,18H2,1H3/t14-,15?/m0/s1. The number of hydrogen-bond donors (Lipinski definition) is 1. The van der Waals surface area contributed by atoms with E-state index < -0.39 is 0 Å². The summed E-state index contributed by atoms with van der Waals surface area (Å²) in [5.74, 6) is 0.265. The van der Waals surface area contributed by atoms with E-state index >= 15 is 0 Å². The van der Waals surface area contributed by atoms with Gasteiger partial charge in [0, 0.05) is 24.1 Å². The van der Waals surface area contributed by atoms with Crippen molar-refractivity contribution in [1.82, 2.24) is 0 Å². The van der Waals surface area contributed by atoms with Crippen molar-refractivity contribution in [2.24, 2.45) is 5.73 Å². The van der Waals surface area contributed by atoms with Gasteiger partial charge >= 0.3 is 0 Å². The van der Waals surface area contributed by atoms with E-state index in [0.717, 1.165) is 11.1 Å². The van der Waals surface area contributed by atoms with Crippen molar-refractivity contribution in [3.05, 3.63) is 65.0 Å². The first kappa shape index (κ1) is 12.2. The van der Waals surface area contributed by atoms with Crippen LogP contribution in [0, 0.1) is 12.7 Å². The zero-order chi connectivity index (χ0) is 13.4. The van der Waals surface area contributed by atoms with Gasteiger partial charge in [0.2, 0.25) is 0 Å². The fourth-order valence-electron chi connectivity index (χ4n) is 2.55. The number of benzene rings is 2. The molecule has 2 aromatic carbocycles. The topological polar surface area (TPSA) is 35.2 Å². The summed E-state index contributed by atoms with van der Waals surface area (Å²) < 4.78 is 19.2. The molecule has 3 heteroatoms. The molecule has 1 aliphatic rings. The summed E-state index contributed by atoms with van der Waals surface area (Å²) in [4.78, 5) is 0. The van der Waals surface area contributed by atoms with Crippen molar-refractivity contribution in [2.45, 2.75) is 25.5 Å². The lowest BCUT2D eigenvalue weighted by atomic mass is 9.93. The van der Waals surface area contributed by atoms with Gasteiger partial charge < -0.3 is 10.5 Å². The summed E-state index contributed by atoms with van der Waals surface area (Å²) >= 11 is 0. The number of ether oxygens (including phenoxy) is 1. The second-order valence-corrected chi connectivity index (χ2v) is 5.04. The van der Waals surface area contributed by atoms with E-state index in [0.29, 0.717) is 12.2 Å². The molecule has 98 valence electrons. The average molecular weight is 257 g/mol. The normalized spacial score (nSPS) is 21.6. The Morgan fingerprint density at radius 1 is 1.21 bits per heavy atom. The summed E-state index contributed by atoms with van der Waals surface area (Å²) in [7, 11) is 0. The highest BCUT2D eigenvalue weighted by atomic mass is 19.1. The molecule has 1 unspecified atom stereocenters. The predicted octanol–water partition coefficient (Wildman–Crippen LogP) is 3.66. The van der Waals surface area contributed by atoms with Gasteiger partial charge in [-0.2, -0.15) is 0 Å². The average Bonchev–Trinajstić information content (AvgIpc) is 2.38. The summed E-state index contributed by atoms with van der Waals surface area (Å²) in [6, 6.07) is 12.6. The maximum Gasteiger partial charge on any atom is 0.127 e. The van der Waals surface area contributed by atoms with Gasteiger partial charge in [-0.15, -0.1) is 0 Å². The molecule has 0 saturated heterocycles. The highest BCUT2D eigenvalue weighted by Gasteiger charge is 2.27. The Morgan fingerprint density at radius 3 is 2.84 bits per heavy atom. The lowest BCUT2D eigenvalue weighted by Crippen LogP contribution is -2.24. The van der Waals surface area contributed by atoms with Gasteiger partial charge in [-0.3, -0.25) is 0 Å². The maximum absolute atomic E-state index is 13.3. The van der Waals surface area contributed by atoms with E-state index in [2.05, 4.69) is 6.07 Å². The molecule has 0 radical (unpaired) electrons. The zero-order valence-corrected chi connectivity index (χ0v) is 10.8. The fraction of sp³-hybridized carbons (Fsp3) is 0.250. The van der Waals surface area contributed by atoms with Crippen LogP contribution >= 0.6 is 0 Å². The van der Waals surface area contributed by atoms with Gasteiger partial charge in [0.1, 0.15) is 17.7 Å². The summed E-state index contributed by atoms with van der Waals surface area (Å²) in [5, 5.41) is 0. The first-order chi connectivity index (χ1) is 9.13. The minimum atomic E-state index is -0.296. The molecule has 2 atom stereocenters. The summed E-state index contributed by atoms with van der Waals surface area (Å²) in [6.07, 6.45) is 0.603. The van der Waals surface area contributed by atoms with Crippen LogP contribution in [0.3, 0.4) is 0 Å². The molecule has 1 aliphatic heterocycles. The Bertz CT molecular complexity index is 611. The molecular weight excluding hydrogens is 241 g/mol. The highest BCUT2D eigenvalue weighted by Crippen LogP contribution is 2.39. The van der Waals surface area contributed by atoms with Crippen molar-refractivity contribution in [1.29, 1.82) is 0 Å². The van der Waals surface area contributed by atoms with Crippen LogP contribution in [0.25, 0.3) is 0 Å². The molecule has 1 heterocycles. The molecule has 2 nitrogen and oxygen atoms in total. The van der Waals surface area contributed by atoms with E-state index in [1.165, 1.54) is 17.7 Å². The number of rotatable bonds is 1. The van der Waals surface area contributed by atoms with Crippen molar-refractivity contribution in [3.63, 3.8) is 0 Å². The van der Waals surface area contributed by atoms with Crippen LogP contribution in [0.4, 0.5) is 4.39 Å². The summed E-state index contributed by atoms with van der Waals surface area (Å²) in [5.41, 5.74) is 9.31. The molecular formula is C16H16FNO. The number of nitrogens with two attached hydrogens (primary N) is 1. The predicted molar refractivity (Wildman–Crippen MR) is 72.5 cm³/mol. The van der Waals surface area contributed by atoms with Gasteiger partial charge in [0.05, 0.1) is 0 Å². The van der Waals surface area contributed by atoms with Crippen molar-refractivity contribution < 1.29 is 9.13 Å². The van der Waals surface area contributed by atoms with E-state index in [1.807, 2.05) is 25.1 Å². The first-order valence-corrected chi connectivity index (χ1v) is 6.42. The molecule has 0 aliphatic carbocycles. The molecule has 0 bridgehead atoms. The van der Waals surface area contributed by atoms with Gasteiger partial charge in [-0.25, -0.2) is 4.39 Å². The Balaban J connectivity index is 1.96. The number of hydrogen-bond acceptors (Lipinski definition) is 2. The SMILES string of the molecule is Cc1cccc(C2C[C@H](N)c3ccc(F)cc3O2)c1. The van der Waals surface area contributed by atoms with Crippen LogP contribution in [0.2, 0.25) is 0 Å². The van der Waals surface area contributed by atoms with Crippen molar-refractivity contribution in [2.75, 3.05) is 0 Å². The van der Waals surface area contributed by atoms with Crippen LogP contribution < -0.4 is 10.5 Å². The first-order valence-electron chi connectivity index (χ1n) is 6.42. The van der Waals surface area contributed by atoms with E-state index in [1.54, 1.807) is 6.07 Å².